The minimum absolute atomic E-state index is 0.0222. The molecule has 0 aromatic heterocycles. The van der Waals surface area contributed by atoms with E-state index in [-0.39, 0.29) is 30.4 Å². The Bertz CT molecular complexity index is 667. The number of esters is 1. The molecule has 2 amide bonds. The van der Waals surface area contributed by atoms with Gasteiger partial charge >= 0.3 is 5.97 Å². The van der Waals surface area contributed by atoms with E-state index in [1.807, 2.05) is 0 Å². The van der Waals surface area contributed by atoms with Gasteiger partial charge in [-0.15, -0.1) is 0 Å². The van der Waals surface area contributed by atoms with E-state index in [2.05, 4.69) is 17.6 Å². The van der Waals surface area contributed by atoms with Gasteiger partial charge in [-0.05, 0) is 55.9 Å². The molecule has 2 N–H and O–H groups in total. The zero-order valence-electron chi connectivity index (χ0n) is 15.1. The zero-order chi connectivity index (χ0) is 18.5. The van der Waals surface area contributed by atoms with E-state index in [1.165, 1.54) is 6.42 Å². The number of amides is 2. The van der Waals surface area contributed by atoms with Crippen LogP contribution in [0.4, 0.5) is 5.69 Å². The molecular formula is C20H26N2O4. The molecule has 0 aliphatic heterocycles. The third-order valence-electron chi connectivity index (χ3n) is 5.13. The Balaban J connectivity index is 1.43. The molecule has 0 spiro atoms. The molecule has 2 unspecified atom stereocenters. The molecule has 140 valence electrons. The molecule has 26 heavy (non-hydrogen) atoms. The molecule has 2 saturated carbocycles. The molecule has 1 aromatic carbocycles. The summed E-state index contributed by atoms with van der Waals surface area (Å²) in [6.45, 7) is 1.86. The van der Waals surface area contributed by atoms with Gasteiger partial charge in [0.25, 0.3) is 5.91 Å². The van der Waals surface area contributed by atoms with E-state index >= 15 is 0 Å². The van der Waals surface area contributed by atoms with Crippen LogP contribution in [0.2, 0.25) is 0 Å². The van der Waals surface area contributed by atoms with Gasteiger partial charge in [-0.3, -0.25) is 9.59 Å². The first-order valence-corrected chi connectivity index (χ1v) is 9.40. The molecular weight excluding hydrogens is 332 g/mol. The highest BCUT2D eigenvalue weighted by Crippen LogP contribution is 2.30. The zero-order valence-corrected chi connectivity index (χ0v) is 15.1. The largest absolute Gasteiger partial charge is 0.452 e. The van der Waals surface area contributed by atoms with Crippen molar-refractivity contribution in [2.45, 2.75) is 51.5 Å². The normalized spacial score (nSPS) is 22.3. The second-order valence-electron chi connectivity index (χ2n) is 7.35. The summed E-state index contributed by atoms with van der Waals surface area (Å²) in [4.78, 5) is 35.8. The summed E-state index contributed by atoms with van der Waals surface area (Å²) in [7, 11) is 0. The van der Waals surface area contributed by atoms with Crippen molar-refractivity contribution in [2.75, 3.05) is 11.9 Å². The lowest BCUT2D eigenvalue weighted by Gasteiger charge is -2.29. The van der Waals surface area contributed by atoms with Crippen LogP contribution >= 0.6 is 0 Å². The maximum Gasteiger partial charge on any atom is 0.338 e. The van der Waals surface area contributed by atoms with E-state index in [0.29, 0.717) is 17.2 Å². The average molecular weight is 358 g/mol. The van der Waals surface area contributed by atoms with Gasteiger partial charge in [0.15, 0.2) is 6.61 Å². The van der Waals surface area contributed by atoms with E-state index < -0.39 is 5.97 Å². The molecule has 2 fully saturated rings. The number of carbonyl (C=O) groups is 3. The van der Waals surface area contributed by atoms with Crippen LogP contribution in [0.5, 0.6) is 0 Å². The van der Waals surface area contributed by atoms with Crippen molar-refractivity contribution in [1.29, 1.82) is 0 Å². The van der Waals surface area contributed by atoms with Crippen molar-refractivity contribution in [1.82, 2.24) is 5.32 Å². The summed E-state index contributed by atoms with van der Waals surface area (Å²) >= 11 is 0. The predicted molar refractivity (Wildman–Crippen MR) is 97.6 cm³/mol. The smallest absolute Gasteiger partial charge is 0.338 e. The van der Waals surface area contributed by atoms with E-state index in [1.54, 1.807) is 24.3 Å². The van der Waals surface area contributed by atoms with Crippen molar-refractivity contribution >= 4 is 23.5 Å². The minimum Gasteiger partial charge on any atom is -0.452 e. The summed E-state index contributed by atoms with van der Waals surface area (Å²) in [5.41, 5.74) is 1.01. The van der Waals surface area contributed by atoms with Gasteiger partial charge in [0, 0.05) is 17.6 Å². The number of carbonyl (C=O) groups excluding carboxylic acids is 3. The molecule has 0 heterocycles. The fourth-order valence-corrected chi connectivity index (χ4v) is 3.27. The molecule has 2 aliphatic carbocycles. The Labute approximate surface area is 153 Å². The molecule has 3 rings (SSSR count). The fraction of sp³-hybridized carbons (Fsp3) is 0.550. The number of benzene rings is 1. The highest BCUT2D eigenvalue weighted by Gasteiger charge is 2.29. The first kappa shape index (κ1) is 18.4. The van der Waals surface area contributed by atoms with Gasteiger partial charge in [-0.2, -0.15) is 0 Å². The Kier molecular flexibility index (Phi) is 5.91. The first-order chi connectivity index (χ1) is 12.5. The minimum atomic E-state index is -0.545. The maximum atomic E-state index is 12.1. The van der Waals surface area contributed by atoms with Gasteiger partial charge in [0.1, 0.15) is 0 Å². The van der Waals surface area contributed by atoms with Gasteiger partial charge in [0.05, 0.1) is 5.56 Å². The summed E-state index contributed by atoms with van der Waals surface area (Å²) in [6, 6.07) is 6.68. The van der Waals surface area contributed by atoms with Crippen molar-refractivity contribution in [3.05, 3.63) is 29.8 Å². The van der Waals surface area contributed by atoms with Crippen LogP contribution in [0, 0.1) is 11.8 Å². The lowest BCUT2D eigenvalue weighted by Crippen LogP contribution is -2.42. The number of nitrogens with one attached hydrogen (secondary N) is 2. The number of rotatable bonds is 6. The van der Waals surface area contributed by atoms with Gasteiger partial charge < -0.3 is 15.4 Å². The van der Waals surface area contributed by atoms with Crippen LogP contribution in [0.1, 0.15) is 55.8 Å². The molecule has 1 aromatic rings. The van der Waals surface area contributed by atoms with E-state index in [0.717, 1.165) is 32.1 Å². The van der Waals surface area contributed by atoms with Crippen LogP contribution in [0.25, 0.3) is 0 Å². The van der Waals surface area contributed by atoms with E-state index in [9.17, 15) is 14.4 Å². The molecule has 2 aliphatic rings. The number of anilines is 1. The number of ether oxygens (including phenoxy) is 1. The molecule has 0 saturated heterocycles. The van der Waals surface area contributed by atoms with Crippen LogP contribution in [0.15, 0.2) is 24.3 Å². The Morgan fingerprint density at radius 1 is 1.04 bits per heavy atom. The lowest BCUT2D eigenvalue weighted by molar-refractivity contribution is -0.125. The molecule has 0 bridgehead atoms. The van der Waals surface area contributed by atoms with Crippen LogP contribution in [-0.4, -0.2) is 30.4 Å². The molecule has 6 heteroatoms. The summed E-state index contributed by atoms with van der Waals surface area (Å²) in [6.07, 6.45) is 6.32. The third kappa shape index (κ3) is 5.07. The summed E-state index contributed by atoms with van der Waals surface area (Å²) in [5.74, 6) is -0.192. The van der Waals surface area contributed by atoms with Gasteiger partial charge in [-0.1, -0.05) is 19.8 Å². The highest BCUT2D eigenvalue weighted by molar-refractivity contribution is 5.95. The fourth-order valence-electron chi connectivity index (χ4n) is 3.27. The number of hydrogen-bond donors (Lipinski definition) is 2. The maximum absolute atomic E-state index is 12.1. The third-order valence-corrected chi connectivity index (χ3v) is 5.13. The van der Waals surface area contributed by atoms with E-state index in [4.69, 9.17) is 4.74 Å². The Morgan fingerprint density at radius 3 is 2.38 bits per heavy atom. The van der Waals surface area contributed by atoms with Gasteiger partial charge in [0.2, 0.25) is 5.91 Å². The average Bonchev–Trinajstić information content (AvgIpc) is 3.47. The van der Waals surface area contributed by atoms with Crippen molar-refractivity contribution in [3.63, 3.8) is 0 Å². The predicted octanol–water partition coefficient (Wildman–Crippen LogP) is 2.89. The van der Waals surface area contributed by atoms with Crippen LogP contribution < -0.4 is 10.6 Å². The topological polar surface area (TPSA) is 84.5 Å². The standard InChI is InChI=1S/C20H26N2O4/c1-13-4-2-3-5-17(13)22-18(23)12-26-20(25)15-8-10-16(11-9-15)21-19(24)14-6-7-14/h8-11,13-14,17H,2-7,12H2,1H3,(H,21,24)(H,22,23). The second kappa shape index (κ2) is 8.34. The summed E-state index contributed by atoms with van der Waals surface area (Å²) in [5, 5.41) is 5.77. The number of hydrogen-bond acceptors (Lipinski definition) is 4. The monoisotopic (exact) mass is 358 g/mol. The lowest BCUT2D eigenvalue weighted by atomic mass is 9.86. The molecule has 2 atom stereocenters. The van der Waals surface area contributed by atoms with Crippen molar-refractivity contribution in [2.24, 2.45) is 11.8 Å². The van der Waals surface area contributed by atoms with Crippen LogP contribution in [-0.2, 0) is 14.3 Å². The van der Waals surface area contributed by atoms with Crippen molar-refractivity contribution < 1.29 is 19.1 Å². The first-order valence-electron chi connectivity index (χ1n) is 9.40. The molecule has 0 radical (unpaired) electrons. The second-order valence-corrected chi connectivity index (χ2v) is 7.35. The SMILES string of the molecule is CC1CCCCC1NC(=O)COC(=O)c1ccc(NC(=O)C2CC2)cc1. The summed E-state index contributed by atoms with van der Waals surface area (Å²) < 4.78 is 5.10. The molecule has 6 nitrogen and oxygen atoms in total. The van der Waals surface area contributed by atoms with Gasteiger partial charge in [-0.25, -0.2) is 4.79 Å². The van der Waals surface area contributed by atoms with Crippen LogP contribution in [0.3, 0.4) is 0 Å². The Hall–Kier alpha value is -2.37. The highest BCUT2D eigenvalue weighted by atomic mass is 16.5. The van der Waals surface area contributed by atoms with Crippen molar-refractivity contribution in [3.8, 4) is 0 Å². The Morgan fingerprint density at radius 2 is 1.73 bits per heavy atom. The quantitative estimate of drug-likeness (QED) is 0.766.